The maximum Gasteiger partial charge on any atom is 0.345 e. The van der Waals surface area contributed by atoms with E-state index in [0.717, 1.165) is 5.56 Å². The van der Waals surface area contributed by atoms with E-state index in [0.29, 0.717) is 22.2 Å². The van der Waals surface area contributed by atoms with Gasteiger partial charge < -0.3 is 4.74 Å². The Morgan fingerprint density at radius 1 is 0.929 bits per heavy atom. The molecule has 0 unspecified atom stereocenters. The summed E-state index contributed by atoms with van der Waals surface area (Å²) in [6, 6.07) is 19.6. The maximum atomic E-state index is 13.7. The summed E-state index contributed by atoms with van der Waals surface area (Å²) in [6.07, 6.45) is 1.40. The number of rotatable bonds is 3. The van der Waals surface area contributed by atoms with Gasteiger partial charge in [0.15, 0.2) is 0 Å². The van der Waals surface area contributed by atoms with E-state index in [-0.39, 0.29) is 11.1 Å². The predicted octanol–water partition coefficient (Wildman–Crippen LogP) is 4.66. The lowest BCUT2D eigenvalue weighted by molar-refractivity contribution is 0.0735. The Bertz CT molecular complexity index is 1260. The van der Waals surface area contributed by atoms with Crippen molar-refractivity contribution in [3.63, 3.8) is 0 Å². The van der Waals surface area contributed by atoms with Gasteiger partial charge in [-0.1, -0.05) is 42.5 Å². The number of hydrogen-bond donors (Lipinski definition) is 0. The first-order valence-corrected chi connectivity index (χ1v) is 8.73. The molecule has 1 aromatic heterocycles. The van der Waals surface area contributed by atoms with Crippen molar-refractivity contribution in [1.82, 2.24) is 4.57 Å². The van der Waals surface area contributed by atoms with Gasteiger partial charge in [-0.3, -0.25) is 9.36 Å². The Balaban J connectivity index is 1.90. The van der Waals surface area contributed by atoms with Crippen molar-refractivity contribution >= 4 is 16.7 Å². The van der Waals surface area contributed by atoms with Crippen LogP contribution in [-0.2, 0) is 0 Å². The molecule has 4 nitrogen and oxygen atoms in total. The summed E-state index contributed by atoms with van der Waals surface area (Å²) in [7, 11) is 0. The molecule has 28 heavy (non-hydrogen) atoms. The number of carbonyl (C=O) groups is 1. The van der Waals surface area contributed by atoms with E-state index in [1.54, 1.807) is 42.5 Å². The van der Waals surface area contributed by atoms with Gasteiger partial charge in [-0.05, 0) is 42.8 Å². The van der Waals surface area contributed by atoms with Crippen molar-refractivity contribution < 1.29 is 13.9 Å². The molecule has 0 amide bonds. The largest absolute Gasteiger partial charge is 0.423 e. The van der Waals surface area contributed by atoms with Crippen molar-refractivity contribution in [3.05, 3.63) is 106 Å². The van der Waals surface area contributed by atoms with Gasteiger partial charge in [0, 0.05) is 17.0 Å². The monoisotopic (exact) mass is 373 g/mol. The molecule has 138 valence electrons. The fraction of sp³-hybridized carbons (Fsp3) is 0.0435. The highest BCUT2D eigenvalue weighted by molar-refractivity contribution is 6.04. The van der Waals surface area contributed by atoms with Crippen molar-refractivity contribution in [2.75, 3.05) is 0 Å². The summed E-state index contributed by atoms with van der Waals surface area (Å²) in [5.41, 5.74) is 1.04. The molecule has 0 atom stereocenters. The van der Waals surface area contributed by atoms with Crippen LogP contribution in [0.2, 0.25) is 0 Å². The molecule has 0 bridgehead atoms. The maximum absolute atomic E-state index is 13.7. The molecule has 0 spiro atoms. The first-order chi connectivity index (χ1) is 13.5. The van der Waals surface area contributed by atoms with Gasteiger partial charge in [-0.25, -0.2) is 9.18 Å². The number of carbonyl (C=O) groups excluding carboxylic acids is 1. The molecule has 0 aliphatic heterocycles. The van der Waals surface area contributed by atoms with E-state index in [1.165, 1.54) is 29.0 Å². The molecule has 5 heteroatoms. The van der Waals surface area contributed by atoms with Crippen LogP contribution in [-0.4, -0.2) is 10.5 Å². The summed E-state index contributed by atoms with van der Waals surface area (Å²) >= 11 is 0. The second-order valence-electron chi connectivity index (χ2n) is 6.40. The zero-order chi connectivity index (χ0) is 19.7. The van der Waals surface area contributed by atoms with Gasteiger partial charge in [-0.15, -0.1) is 0 Å². The predicted molar refractivity (Wildman–Crippen MR) is 106 cm³/mol. The number of fused-ring (bicyclic) bond motifs is 1. The molecule has 0 fully saturated rings. The minimum atomic E-state index is -0.587. The summed E-state index contributed by atoms with van der Waals surface area (Å²) in [5.74, 6) is -0.614. The molecule has 0 aliphatic rings. The van der Waals surface area contributed by atoms with Crippen molar-refractivity contribution in [3.8, 4) is 11.4 Å². The van der Waals surface area contributed by atoms with Crippen LogP contribution in [0.5, 0.6) is 5.75 Å². The van der Waals surface area contributed by atoms with Crippen LogP contribution < -0.4 is 10.3 Å². The number of halogens is 1. The van der Waals surface area contributed by atoms with E-state index < -0.39 is 11.8 Å². The zero-order valence-corrected chi connectivity index (χ0v) is 15.1. The minimum absolute atomic E-state index is 0.225. The number of pyridine rings is 1. The summed E-state index contributed by atoms with van der Waals surface area (Å²) in [5, 5.41) is 0.838. The second-order valence-corrected chi connectivity index (χ2v) is 6.40. The van der Waals surface area contributed by atoms with Crippen molar-refractivity contribution in [2.45, 2.75) is 6.92 Å². The lowest BCUT2D eigenvalue weighted by Crippen LogP contribution is -2.22. The molecule has 0 saturated heterocycles. The first kappa shape index (κ1) is 17.7. The lowest BCUT2D eigenvalue weighted by atomic mass is 10.1. The van der Waals surface area contributed by atoms with Crippen LogP contribution in [0, 0.1) is 12.7 Å². The molecule has 0 aliphatic carbocycles. The minimum Gasteiger partial charge on any atom is -0.423 e. The van der Waals surface area contributed by atoms with Gasteiger partial charge in [-0.2, -0.15) is 0 Å². The zero-order valence-electron chi connectivity index (χ0n) is 15.1. The number of esters is 1. The topological polar surface area (TPSA) is 48.3 Å². The number of ether oxygens (including phenoxy) is 1. The molecule has 4 aromatic rings. The molecule has 0 N–H and O–H groups in total. The number of aromatic nitrogens is 1. The molecule has 4 rings (SSSR count). The van der Waals surface area contributed by atoms with Crippen LogP contribution in [0.25, 0.3) is 16.5 Å². The molecule has 0 saturated carbocycles. The van der Waals surface area contributed by atoms with E-state index in [1.807, 2.05) is 19.1 Å². The number of aryl methyl sites for hydroxylation is 1. The summed E-state index contributed by atoms with van der Waals surface area (Å²) in [6.45, 7) is 1.84. The van der Waals surface area contributed by atoms with Gasteiger partial charge in [0.2, 0.25) is 0 Å². The Labute approximate surface area is 160 Å². The smallest absolute Gasteiger partial charge is 0.345 e. The normalized spacial score (nSPS) is 10.8. The Morgan fingerprint density at radius 2 is 1.64 bits per heavy atom. The van der Waals surface area contributed by atoms with Crippen LogP contribution in [0.1, 0.15) is 15.9 Å². The van der Waals surface area contributed by atoms with Gasteiger partial charge >= 0.3 is 5.97 Å². The second kappa shape index (κ2) is 7.12. The number of nitrogens with zero attached hydrogens (tertiary/aromatic N) is 1. The fourth-order valence-electron chi connectivity index (χ4n) is 3.10. The number of para-hydroxylation sites is 1. The van der Waals surface area contributed by atoms with Crippen LogP contribution in [0.15, 0.2) is 83.8 Å². The third-order valence-corrected chi connectivity index (χ3v) is 4.53. The summed E-state index contributed by atoms with van der Waals surface area (Å²) in [4.78, 5) is 25.8. The lowest BCUT2D eigenvalue weighted by Gasteiger charge is -2.13. The quantitative estimate of drug-likeness (QED) is 0.388. The van der Waals surface area contributed by atoms with E-state index >= 15 is 0 Å². The van der Waals surface area contributed by atoms with Crippen molar-refractivity contribution in [1.29, 1.82) is 0 Å². The third kappa shape index (κ3) is 3.18. The Kier molecular flexibility index (Phi) is 4.49. The van der Waals surface area contributed by atoms with Gasteiger partial charge in [0.25, 0.3) is 5.56 Å². The van der Waals surface area contributed by atoms with Crippen LogP contribution in [0.3, 0.4) is 0 Å². The molecular weight excluding hydrogens is 357 g/mol. The van der Waals surface area contributed by atoms with Gasteiger partial charge in [0.1, 0.15) is 11.6 Å². The Hall–Kier alpha value is -3.73. The van der Waals surface area contributed by atoms with E-state index in [9.17, 15) is 14.0 Å². The van der Waals surface area contributed by atoms with Gasteiger partial charge in [0.05, 0.1) is 11.3 Å². The highest BCUT2D eigenvalue weighted by atomic mass is 19.1. The summed E-state index contributed by atoms with van der Waals surface area (Å²) < 4.78 is 20.5. The SMILES string of the molecule is Cc1ccccc1OC(=O)c1cn(-c2cccc(F)c2)c(=O)c2ccccc12. The molecule has 1 heterocycles. The third-order valence-electron chi connectivity index (χ3n) is 4.53. The fourth-order valence-corrected chi connectivity index (χ4v) is 3.10. The number of hydrogen-bond acceptors (Lipinski definition) is 3. The Morgan fingerprint density at radius 3 is 2.39 bits per heavy atom. The highest BCUT2D eigenvalue weighted by Gasteiger charge is 2.18. The highest BCUT2D eigenvalue weighted by Crippen LogP contribution is 2.22. The average Bonchev–Trinajstić information content (AvgIpc) is 2.70. The van der Waals surface area contributed by atoms with Crippen LogP contribution in [0.4, 0.5) is 4.39 Å². The van der Waals surface area contributed by atoms with E-state index in [4.69, 9.17) is 4.74 Å². The molecular formula is C23H16FNO3. The molecule has 3 aromatic carbocycles. The number of benzene rings is 3. The standard InChI is InChI=1S/C23H16FNO3/c1-15-7-2-5-12-21(15)28-23(27)20-14-25(17-9-6-8-16(24)13-17)22(26)19-11-4-3-10-18(19)20/h2-14H,1H3. The molecule has 0 radical (unpaired) electrons. The van der Waals surface area contributed by atoms with E-state index in [2.05, 4.69) is 0 Å². The van der Waals surface area contributed by atoms with Crippen molar-refractivity contribution in [2.24, 2.45) is 0 Å². The average molecular weight is 373 g/mol. The van der Waals surface area contributed by atoms with Crippen LogP contribution >= 0.6 is 0 Å². The first-order valence-electron chi connectivity index (χ1n) is 8.73.